The van der Waals surface area contributed by atoms with Gasteiger partial charge in [-0.15, -0.1) is 0 Å². The number of amides is 1. The summed E-state index contributed by atoms with van der Waals surface area (Å²) in [6.07, 6.45) is 2.84. The number of hydrogen-bond acceptors (Lipinski definition) is 3. The molecule has 62 valence electrons. The van der Waals surface area contributed by atoms with Gasteiger partial charge in [0.05, 0.1) is 6.04 Å². The minimum atomic E-state index is -1.20. The molecule has 0 radical (unpaired) electrons. The van der Waals surface area contributed by atoms with E-state index in [0.29, 0.717) is 6.42 Å². The molecule has 0 unspecified atom stereocenters. The van der Waals surface area contributed by atoms with Crippen molar-refractivity contribution in [1.82, 2.24) is 5.48 Å². The molecule has 5 nitrogen and oxygen atoms in total. The lowest BCUT2D eigenvalue weighted by Crippen LogP contribution is -2.37. The summed E-state index contributed by atoms with van der Waals surface area (Å²) in [6, 6.07) is -0.207. The number of carboxylic acid groups (broad SMARTS) is 1. The molecule has 0 bridgehead atoms. The summed E-state index contributed by atoms with van der Waals surface area (Å²) in [7, 11) is 0. The number of rotatable bonds is 2. The van der Waals surface area contributed by atoms with Crippen LogP contribution < -0.4 is 11.2 Å². The van der Waals surface area contributed by atoms with Crippen LogP contribution in [0.4, 0.5) is 4.79 Å². The Morgan fingerprint density at radius 1 is 1.82 bits per heavy atom. The van der Waals surface area contributed by atoms with E-state index in [1.54, 1.807) is 6.08 Å². The van der Waals surface area contributed by atoms with Crippen molar-refractivity contribution in [1.29, 1.82) is 0 Å². The molecule has 0 heterocycles. The van der Waals surface area contributed by atoms with Gasteiger partial charge in [0.25, 0.3) is 0 Å². The van der Waals surface area contributed by atoms with Gasteiger partial charge in [-0.3, -0.25) is 4.84 Å². The first kappa shape index (κ1) is 8.03. The van der Waals surface area contributed by atoms with Gasteiger partial charge in [-0.2, -0.15) is 5.48 Å². The lowest BCUT2D eigenvalue weighted by atomic mass is 10.2. The zero-order valence-electron chi connectivity index (χ0n) is 5.86. The number of carbonyl (C=O) groups is 1. The third-order valence-electron chi connectivity index (χ3n) is 1.45. The summed E-state index contributed by atoms with van der Waals surface area (Å²) < 4.78 is 0. The Hall–Kier alpha value is -1.07. The molecule has 0 aromatic rings. The lowest BCUT2D eigenvalue weighted by molar-refractivity contribution is -0.0157. The van der Waals surface area contributed by atoms with Crippen molar-refractivity contribution in [2.24, 2.45) is 5.73 Å². The highest BCUT2D eigenvalue weighted by atomic mass is 16.7. The van der Waals surface area contributed by atoms with Crippen LogP contribution in [0.5, 0.6) is 0 Å². The average Bonchev–Trinajstić information content (AvgIpc) is 2.31. The lowest BCUT2D eigenvalue weighted by Gasteiger charge is -2.14. The van der Waals surface area contributed by atoms with Crippen molar-refractivity contribution in [3.05, 3.63) is 12.2 Å². The van der Waals surface area contributed by atoms with Crippen LogP contribution in [-0.4, -0.2) is 23.3 Å². The Morgan fingerprint density at radius 2 is 2.55 bits per heavy atom. The predicted octanol–water partition coefficient (Wildman–Crippen LogP) is -0.159. The van der Waals surface area contributed by atoms with Crippen LogP contribution >= 0.6 is 0 Å². The van der Waals surface area contributed by atoms with Crippen LogP contribution in [-0.2, 0) is 4.84 Å². The van der Waals surface area contributed by atoms with Gasteiger partial charge in [0.15, 0.2) is 0 Å². The predicted molar refractivity (Wildman–Crippen MR) is 37.8 cm³/mol. The molecule has 0 saturated carbocycles. The maximum atomic E-state index is 9.97. The SMILES string of the molecule is N[C@H]1C=CC[C@H]1ONC(=O)O. The molecule has 0 spiro atoms. The van der Waals surface area contributed by atoms with Gasteiger partial charge in [0, 0.05) is 0 Å². The minimum Gasteiger partial charge on any atom is -0.464 e. The summed E-state index contributed by atoms with van der Waals surface area (Å²) in [5.41, 5.74) is 7.33. The number of nitrogens with two attached hydrogens (primary N) is 1. The molecular formula is C6H10N2O3. The largest absolute Gasteiger partial charge is 0.464 e. The van der Waals surface area contributed by atoms with E-state index in [9.17, 15) is 4.79 Å². The van der Waals surface area contributed by atoms with Crippen LogP contribution in [0.1, 0.15) is 6.42 Å². The summed E-state index contributed by atoms with van der Waals surface area (Å²) >= 11 is 0. The zero-order valence-corrected chi connectivity index (χ0v) is 5.86. The number of hydrogen-bond donors (Lipinski definition) is 3. The van der Waals surface area contributed by atoms with E-state index in [4.69, 9.17) is 15.7 Å². The molecular weight excluding hydrogens is 148 g/mol. The van der Waals surface area contributed by atoms with Crippen molar-refractivity contribution >= 4 is 6.09 Å². The van der Waals surface area contributed by atoms with Crippen LogP contribution in [0.3, 0.4) is 0 Å². The first-order chi connectivity index (χ1) is 5.20. The van der Waals surface area contributed by atoms with Crippen LogP contribution in [0.25, 0.3) is 0 Å². The number of nitrogens with one attached hydrogen (secondary N) is 1. The summed E-state index contributed by atoms with van der Waals surface area (Å²) in [6.45, 7) is 0. The fourth-order valence-corrected chi connectivity index (χ4v) is 0.904. The molecule has 1 rings (SSSR count). The summed E-state index contributed by atoms with van der Waals surface area (Å²) in [5.74, 6) is 0. The maximum Gasteiger partial charge on any atom is 0.428 e. The fraction of sp³-hybridized carbons (Fsp3) is 0.500. The smallest absolute Gasteiger partial charge is 0.428 e. The minimum absolute atomic E-state index is 0.207. The van der Waals surface area contributed by atoms with E-state index in [-0.39, 0.29) is 12.1 Å². The quantitative estimate of drug-likeness (QED) is 0.385. The Morgan fingerprint density at radius 3 is 3.00 bits per heavy atom. The Labute approximate surface area is 63.8 Å². The third-order valence-corrected chi connectivity index (χ3v) is 1.45. The molecule has 4 N–H and O–H groups in total. The molecule has 1 amide bonds. The highest BCUT2D eigenvalue weighted by Gasteiger charge is 2.20. The Balaban J connectivity index is 2.23. The van der Waals surface area contributed by atoms with Crippen LogP contribution in [0, 0.1) is 0 Å². The summed E-state index contributed by atoms with van der Waals surface area (Å²) in [4.78, 5) is 14.7. The van der Waals surface area contributed by atoms with Crippen molar-refractivity contribution in [3.8, 4) is 0 Å². The zero-order chi connectivity index (χ0) is 8.27. The first-order valence-electron chi connectivity index (χ1n) is 3.27. The summed E-state index contributed by atoms with van der Waals surface area (Å²) in [5, 5.41) is 8.16. The van der Waals surface area contributed by atoms with Gasteiger partial charge < -0.3 is 10.8 Å². The second-order valence-corrected chi connectivity index (χ2v) is 2.30. The second-order valence-electron chi connectivity index (χ2n) is 2.30. The van der Waals surface area contributed by atoms with Crippen molar-refractivity contribution in [2.45, 2.75) is 18.6 Å². The van der Waals surface area contributed by atoms with E-state index in [1.807, 2.05) is 11.6 Å². The van der Waals surface area contributed by atoms with Gasteiger partial charge in [-0.25, -0.2) is 4.79 Å². The second kappa shape index (κ2) is 3.36. The van der Waals surface area contributed by atoms with Gasteiger partial charge in [0.2, 0.25) is 0 Å². The molecule has 0 fully saturated rings. The van der Waals surface area contributed by atoms with Crippen LogP contribution in [0.15, 0.2) is 12.2 Å². The van der Waals surface area contributed by atoms with Crippen molar-refractivity contribution < 1.29 is 14.7 Å². The molecule has 11 heavy (non-hydrogen) atoms. The van der Waals surface area contributed by atoms with Gasteiger partial charge in [-0.1, -0.05) is 12.2 Å². The van der Waals surface area contributed by atoms with Crippen molar-refractivity contribution in [3.63, 3.8) is 0 Å². The van der Waals surface area contributed by atoms with Gasteiger partial charge >= 0.3 is 6.09 Å². The molecule has 1 aliphatic carbocycles. The highest BCUT2D eigenvalue weighted by molar-refractivity contribution is 5.62. The molecule has 2 atom stereocenters. The van der Waals surface area contributed by atoms with E-state index in [1.165, 1.54) is 0 Å². The van der Waals surface area contributed by atoms with Crippen LogP contribution in [0.2, 0.25) is 0 Å². The highest BCUT2D eigenvalue weighted by Crippen LogP contribution is 2.10. The monoisotopic (exact) mass is 158 g/mol. The van der Waals surface area contributed by atoms with E-state index >= 15 is 0 Å². The molecule has 0 aromatic carbocycles. The van der Waals surface area contributed by atoms with Crippen molar-refractivity contribution in [2.75, 3.05) is 0 Å². The molecule has 0 aromatic heterocycles. The Bertz CT molecular complexity index is 181. The fourth-order valence-electron chi connectivity index (χ4n) is 0.904. The molecule has 1 aliphatic rings. The van der Waals surface area contributed by atoms with Gasteiger partial charge in [-0.05, 0) is 6.42 Å². The first-order valence-corrected chi connectivity index (χ1v) is 3.27. The average molecular weight is 158 g/mol. The molecule has 0 aliphatic heterocycles. The topological polar surface area (TPSA) is 84.6 Å². The molecule has 5 heteroatoms. The number of hydroxylamine groups is 1. The third kappa shape index (κ3) is 2.21. The standard InChI is InChI=1S/C6H10N2O3/c7-4-2-1-3-5(4)11-8-6(9)10/h1-2,4-5,8H,3,7H2,(H,9,10)/t4-,5+/m0/s1. The Kier molecular flexibility index (Phi) is 2.45. The van der Waals surface area contributed by atoms with E-state index in [2.05, 4.69) is 0 Å². The normalized spacial score (nSPS) is 28.8. The molecule has 0 saturated heterocycles. The van der Waals surface area contributed by atoms with E-state index in [0.717, 1.165) is 0 Å². The van der Waals surface area contributed by atoms with E-state index < -0.39 is 6.09 Å². The van der Waals surface area contributed by atoms with Gasteiger partial charge in [0.1, 0.15) is 6.10 Å². The maximum absolute atomic E-state index is 9.97.